The lowest BCUT2D eigenvalue weighted by Crippen LogP contribution is -2.34. The second-order valence-electron chi connectivity index (χ2n) is 6.23. The van der Waals surface area contributed by atoms with Gasteiger partial charge in [-0.05, 0) is 32.8 Å². The predicted molar refractivity (Wildman–Crippen MR) is 96.7 cm³/mol. The molecule has 1 saturated heterocycles. The molecular weight excluding hydrogens is 318 g/mol. The maximum Gasteiger partial charge on any atom is 0.244 e. The Kier molecular flexibility index (Phi) is 5.47. The standard InChI is InChI=1S/C17H25N7O/c1-13(24-11-5-6-20-24)17(25)19-8-7-18-15-12-16(22-14(2)21-15)23-9-3-4-10-23/h5-6,11-13H,3-4,7-10H2,1-2H3,(H,19,25)(H,18,21,22). The van der Waals surface area contributed by atoms with Gasteiger partial charge >= 0.3 is 0 Å². The van der Waals surface area contributed by atoms with Crippen molar-refractivity contribution in [2.24, 2.45) is 0 Å². The van der Waals surface area contributed by atoms with Crippen LogP contribution in [0.2, 0.25) is 0 Å². The molecule has 0 aliphatic carbocycles. The minimum Gasteiger partial charge on any atom is -0.368 e. The number of carbonyl (C=O) groups excluding carboxylic acids is 1. The molecule has 3 rings (SSSR count). The summed E-state index contributed by atoms with van der Waals surface area (Å²) >= 11 is 0. The van der Waals surface area contributed by atoms with Gasteiger partial charge < -0.3 is 15.5 Å². The fourth-order valence-corrected chi connectivity index (χ4v) is 2.90. The van der Waals surface area contributed by atoms with E-state index in [0.29, 0.717) is 13.1 Å². The molecule has 3 heterocycles. The molecule has 0 spiro atoms. The van der Waals surface area contributed by atoms with E-state index in [1.807, 2.05) is 19.9 Å². The number of carbonyl (C=O) groups is 1. The molecule has 0 radical (unpaired) electrons. The monoisotopic (exact) mass is 343 g/mol. The van der Waals surface area contributed by atoms with Gasteiger partial charge in [-0.15, -0.1) is 0 Å². The van der Waals surface area contributed by atoms with Crippen molar-refractivity contribution in [2.45, 2.75) is 32.7 Å². The molecule has 8 heteroatoms. The fraction of sp³-hybridized carbons (Fsp3) is 0.529. The molecule has 1 aliphatic heterocycles. The Hall–Kier alpha value is -2.64. The first-order valence-electron chi connectivity index (χ1n) is 8.75. The number of anilines is 2. The van der Waals surface area contributed by atoms with Crippen LogP contribution in [0.3, 0.4) is 0 Å². The summed E-state index contributed by atoms with van der Waals surface area (Å²) in [7, 11) is 0. The van der Waals surface area contributed by atoms with E-state index in [9.17, 15) is 4.79 Å². The van der Waals surface area contributed by atoms with Gasteiger partial charge in [0.1, 0.15) is 23.5 Å². The van der Waals surface area contributed by atoms with Gasteiger partial charge in [-0.1, -0.05) is 0 Å². The zero-order valence-electron chi connectivity index (χ0n) is 14.8. The van der Waals surface area contributed by atoms with Gasteiger partial charge in [0, 0.05) is 44.6 Å². The highest BCUT2D eigenvalue weighted by atomic mass is 16.2. The lowest BCUT2D eigenvalue weighted by molar-refractivity contribution is -0.124. The number of nitrogens with one attached hydrogen (secondary N) is 2. The van der Waals surface area contributed by atoms with Crippen LogP contribution in [-0.2, 0) is 4.79 Å². The Morgan fingerprint density at radius 3 is 2.80 bits per heavy atom. The predicted octanol–water partition coefficient (Wildman–Crippen LogP) is 1.37. The Bertz CT molecular complexity index is 695. The fourth-order valence-electron chi connectivity index (χ4n) is 2.90. The molecule has 2 aromatic rings. The van der Waals surface area contributed by atoms with Crippen molar-refractivity contribution in [2.75, 3.05) is 36.4 Å². The molecule has 1 unspecified atom stereocenters. The van der Waals surface area contributed by atoms with E-state index in [2.05, 4.69) is 30.6 Å². The van der Waals surface area contributed by atoms with E-state index < -0.39 is 0 Å². The highest BCUT2D eigenvalue weighted by Gasteiger charge is 2.16. The Morgan fingerprint density at radius 1 is 1.28 bits per heavy atom. The molecule has 2 aromatic heterocycles. The third-order valence-corrected chi connectivity index (χ3v) is 4.29. The van der Waals surface area contributed by atoms with Crippen LogP contribution >= 0.6 is 0 Å². The Labute approximate surface area is 147 Å². The summed E-state index contributed by atoms with van der Waals surface area (Å²) in [6.45, 7) is 6.96. The lowest BCUT2D eigenvalue weighted by atomic mass is 10.3. The third kappa shape index (κ3) is 4.46. The van der Waals surface area contributed by atoms with Crippen molar-refractivity contribution in [3.05, 3.63) is 30.4 Å². The first-order chi connectivity index (χ1) is 12.1. The van der Waals surface area contributed by atoms with Crippen molar-refractivity contribution >= 4 is 17.5 Å². The van der Waals surface area contributed by atoms with Gasteiger partial charge in [0.25, 0.3) is 0 Å². The summed E-state index contributed by atoms with van der Waals surface area (Å²) in [5.74, 6) is 2.47. The van der Waals surface area contributed by atoms with Crippen molar-refractivity contribution in [3.8, 4) is 0 Å². The maximum absolute atomic E-state index is 12.1. The molecule has 0 bridgehead atoms. The topological polar surface area (TPSA) is 88.0 Å². The molecule has 1 amide bonds. The van der Waals surface area contributed by atoms with Gasteiger partial charge in [-0.2, -0.15) is 5.10 Å². The van der Waals surface area contributed by atoms with Crippen molar-refractivity contribution < 1.29 is 4.79 Å². The number of rotatable bonds is 7. The van der Waals surface area contributed by atoms with E-state index in [1.165, 1.54) is 12.8 Å². The molecule has 134 valence electrons. The van der Waals surface area contributed by atoms with Gasteiger partial charge in [0.2, 0.25) is 5.91 Å². The van der Waals surface area contributed by atoms with Crippen LogP contribution in [0.4, 0.5) is 11.6 Å². The zero-order chi connectivity index (χ0) is 17.6. The number of aryl methyl sites for hydroxylation is 1. The SMILES string of the molecule is Cc1nc(NCCNC(=O)C(C)n2cccn2)cc(N2CCCC2)n1. The van der Waals surface area contributed by atoms with Gasteiger partial charge in [-0.25, -0.2) is 9.97 Å². The molecule has 1 aliphatic rings. The normalized spacial score (nSPS) is 15.2. The highest BCUT2D eigenvalue weighted by Crippen LogP contribution is 2.20. The zero-order valence-corrected chi connectivity index (χ0v) is 14.8. The van der Waals surface area contributed by atoms with Gasteiger partial charge in [0.15, 0.2) is 0 Å². The van der Waals surface area contributed by atoms with Gasteiger partial charge in [-0.3, -0.25) is 9.48 Å². The van der Waals surface area contributed by atoms with Crippen molar-refractivity contribution in [3.63, 3.8) is 0 Å². The van der Waals surface area contributed by atoms with E-state index in [1.54, 1.807) is 23.1 Å². The van der Waals surface area contributed by atoms with Crippen LogP contribution in [0.1, 0.15) is 31.6 Å². The van der Waals surface area contributed by atoms with Crippen molar-refractivity contribution in [1.29, 1.82) is 0 Å². The summed E-state index contributed by atoms with van der Waals surface area (Å²) < 4.78 is 1.64. The van der Waals surface area contributed by atoms with E-state index in [-0.39, 0.29) is 11.9 Å². The van der Waals surface area contributed by atoms with Crippen LogP contribution in [0.5, 0.6) is 0 Å². The summed E-state index contributed by atoms with van der Waals surface area (Å²) in [6, 6.07) is 3.46. The Morgan fingerprint density at radius 2 is 2.08 bits per heavy atom. The second kappa shape index (κ2) is 7.96. The average Bonchev–Trinajstić information content (AvgIpc) is 3.31. The number of aromatic nitrogens is 4. The smallest absolute Gasteiger partial charge is 0.244 e. The second-order valence-corrected chi connectivity index (χ2v) is 6.23. The molecule has 25 heavy (non-hydrogen) atoms. The summed E-state index contributed by atoms with van der Waals surface area (Å²) in [5, 5.41) is 10.3. The molecule has 2 N–H and O–H groups in total. The summed E-state index contributed by atoms with van der Waals surface area (Å²) in [5.41, 5.74) is 0. The highest BCUT2D eigenvalue weighted by molar-refractivity contribution is 5.79. The first kappa shape index (κ1) is 17.2. The van der Waals surface area contributed by atoms with Crippen LogP contribution in [0.25, 0.3) is 0 Å². The quantitative estimate of drug-likeness (QED) is 0.738. The molecular formula is C17H25N7O. The van der Waals surface area contributed by atoms with Crippen LogP contribution in [-0.4, -0.2) is 51.8 Å². The van der Waals surface area contributed by atoms with Gasteiger partial charge in [0.05, 0.1) is 0 Å². The largest absolute Gasteiger partial charge is 0.368 e. The van der Waals surface area contributed by atoms with Crippen LogP contribution < -0.4 is 15.5 Å². The van der Waals surface area contributed by atoms with E-state index in [4.69, 9.17) is 0 Å². The summed E-state index contributed by atoms with van der Waals surface area (Å²) in [6.07, 6.45) is 5.88. The molecule has 0 aromatic carbocycles. The third-order valence-electron chi connectivity index (χ3n) is 4.29. The number of nitrogens with zero attached hydrogens (tertiary/aromatic N) is 5. The van der Waals surface area contributed by atoms with E-state index in [0.717, 1.165) is 30.5 Å². The molecule has 1 atom stereocenters. The first-order valence-corrected chi connectivity index (χ1v) is 8.75. The lowest BCUT2D eigenvalue weighted by Gasteiger charge is -2.18. The molecule has 1 fully saturated rings. The Balaban J connectivity index is 1.48. The number of hydrogen-bond donors (Lipinski definition) is 2. The van der Waals surface area contributed by atoms with Crippen molar-refractivity contribution in [1.82, 2.24) is 25.1 Å². The molecule has 8 nitrogen and oxygen atoms in total. The maximum atomic E-state index is 12.1. The summed E-state index contributed by atoms with van der Waals surface area (Å²) in [4.78, 5) is 23.3. The minimum absolute atomic E-state index is 0.0536. The van der Waals surface area contributed by atoms with Crippen LogP contribution in [0.15, 0.2) is 24.5 Å². The minimum atomic E-state index is -0.321. The van der Waals surface area contributed by atoms with Crippen LogP contribution in [0, 0.1) is 6.92 Å². The number of amides is 1. The molecule has 0 saturated carbocycles. The average molecular weight is 343 g/mol. The van der Waals surface area contributed by atoms with E-state index >= 15 is 0 Å². The number of hydrogen-bond acceptors (Lipinski definition) is 6.